The van der Waals surface area contributed by atoms with Gasteiger partial charge in [-0.05, 0) is 51.9 Å². The van der Waals surface area contributed by atoms with E-state index in [4.69, 9.17) is 4.74 Å². The van der Waals surface area contributed by atoms with E-state index in [-0.39, 0.29) is 17.5 Å². The number of hydrogen-bond donors (Lipinski definition) is 0. The Labute approximate surface area is 86.0 Å². The number of carbonyl (C=O) groups is 1. The van der Waals surface area contributed by atoms with Gasteiger partial charge in [-0.1, -0.05) is 6.42 Å². The Hall–Kier alpha value is -0.530. The van der Waals surface area contributed by atoms with Gasteiger partial charge in [0.15, 0.2) is 0 Å². The molecule has 2 fully saturated rings. The van der Waals surface area contributed by atoms with Crippen LogP contribution in [0.4, 0.5) is 0 Å². The van der Waals surface area contributed by atoms with E-state index in [1.807, 2.05) is 20.8 Å². The molecule has 0 aromatic carbocycles. The maximum absolute atomic E-state index is 11.8. The average molecular weight is 196 g/mol. The van der Waals surface area contributed by atoms with Crippen LogP contribution in [0.2, 0.25) is 0 Å². The predicted molar refractivity (Wildman–Crippen MR) is 54.8 cm³/mol. The molecule has 0 amide bonds. The van der Waals surface area contributed by atoms with Crippen molar-refractivity contribution in [1.82, 2.24) is 0 Å². The lowest BCUT2D eigenvalue weighted by atomic mass is 9.89. The van der Waals surface area contributed by atoms with Crippen LogP contribution in [0.25, 0.3) is 0 Å². The molecule has 0 radical (unpaired) electrons. The first-order valence-electron chi connectivity index (χ1n) is 5.68. The summed E-state index contributed by atoms with van der Waals surface area (Å²) in [7, 11) is 0. The third-order valence-electron chi connectivity index (χ3n) is 3.45. The number of ether oxygens (including phenoxy) is 1. The van der Waals surface area contributed by atoms with Crippen LogP contribution in [0.15, 0.2) is 0 Å². The third kappa shape index (κ3) is 1.94. The van der Waals surface area contributed by atoms with Crippen LogP contribution in [0, 0.1) is 17.8 Å². The highest BCUT2D eigenvalue weighted by atomic mass is 16.6. The summed E-state index contributed by atoms with van der Waals surface area (Å²) in [6, 6.07) is 0. The molecule has 2 saturated carbocycles. The molecule has 2 bridgehead atoms. The van der Waals surface area contributed by atoms with Crippen LogP contribution in [0.5, 0.6) is 0 Å². The summed E-state index contributed by atoms with van der Waals surface area (Å²) in [5, 5.41) is 0. The zero-order chi connectivity index (χ0) is 10.3. The zero-order valence-corrected chi connectivity index (χ0v) is 9.38. The van der Waals surface area contributed by atoms with Gasteiger partial charge in [-0.2, -0.15) is 0 Å². The van der Waals surface area contributed by atoms with E-state index in [1.54, 1.807) is 0 Å². The third-order valence-corrected chi connectivity index (χ3v) is 3.45. The fraction of sp³-hybridized carbons (Fsp3) is 0.917. The smallest absolute Gasteiger partial charge is 0.309 e. The standard InChI is InChI=1S/C12H20O2/c1-12(2,3)14-11(13)10-7-8-4-5-9(10)6-8/h8-10H,4-7H2,1-3H3/t8-,9+,10+/m1/s1. The Morgan fingerprint density at radius 2 is 1.93 bits per heavy atom. The van der Waals surface area contributed by atoms with E-state index in [1.165, 1.54) is 19.3 Å². The van der Waals surface area contributed by atoms with Crippen LogP contribution in [-0.2, 0) is 9.53 Å². The fourth-order valence-corrected chi connectivity index (χ4v) is 2.91. The molecule has 14 heavy (non-hydrogen) atoms. The highest BCUT2D eigenvalue weighted by Crippen LogP contribution is 2.48. The van der Waals surface area contributed by atoms with Crippen molar-refractivity contribution in [3.63, 3.8) is 0 Å². The Morgan fingerprint density at radius 1 is 1.21 bits per heavy atom. The van der Waals surface area contributed by atoms with Crippen molar-refractivity contribution in [1.29, 1.82) is 0 Å². The normalized spacial score (nSPS) is 36.1. The summed E-state index contributed by atoms with van der Waals surface area (Å²) >= 11 is 0. The molecule has 0 saturated heterocycles. The zero-order valence-electron chi connectivity index (χ0n) is 9.38. The predicted octanol–water partition coefficient (Wildman–Crippen LogP) is 2.76. The largest absolute Gasteiger partial charge is 0.460 e. The Balaban J connectivity index is 1.93. The molecule has 0 aromatic heterocycles. The molecule has 3 atom stereocenters. The highest BCUT2D eigenvalue weighted by molar-refractivity contribution is 5.73. The Kier molecular flexibility index (Phi) is 2.32. The van der Waals surface area contributed by atoms with Gasteiger partial charge >= 0.3 is 5.97 Å². The van der Waals surface area contributed by atoms with E-state index in [0.29, 0.717) is 5.92 Å². The topological polar surface area (TPSA) is 26.3 Å². The number of hydrogen-bond acceptors (Lipinski definition) is 2. The SMILES string of the molecule is CC(C)(C)OC(=O)[C@H]1C[C@@H]2CC[C@H]1C2. The highest BCUT2D eigenvalue weighted by Gasteiger charge is 2.44. The van der Waals surface area contributed by atoms with Crippen molar-refractivity contribution in [2.75, 3.05) is 0 Å². The summed E-state index contributed by atoms with van der Waals surface area (Å²) in [6.07, 6.45) is 4.93. The number of esters is 1. The van der Waals surface area contributed by atoms with E-state index in [9.17, 15) is 4.79 Å². The molecule has 80 valence electrons. The van der Waals surface area contributed by atoms with Crippen molar-refractivity contribution in [3.05, 3.63) is 0 Å². The molecule has 2 aliphatic carbocycles. The number of rotatable bonds is 1. The van der Waals surface area contributed by atoms with E-state index >= 15 is 0 Å². The van der Waals surface area contributed by atoms with Crippen LogP contribution in [0.3, 0.4) is 0 Å². The van der Waals surface area contributed by atoms with Crippen LogP contribution >= 0.6 is 0 Å². The maximum Gasteiger partial charge on any atom is 0.309 e. The van der Waals surface area contributed by atoms with Gasteiger partial charge in [-0.15, -0.1) is 0 Å². The molecule has 0 spiro atoms. The lowest BCUT2D eigenvalue weighted by Crippen LogP contribution is -2.31. The summed E-state index contributed by atoms with van der Waals surface area (Å²) < 4.78 is 5.44. The quantitative estimate of drug-likeness (QED) is 0.603. The summed E-state index contributed by atoms with van der Waals surface area (Å²) in [5.41, 5.74) is -0.321. The first-order chi connectivity index (χ1) is 6.46. The van der Waals surface area contributed by atoms with Crippen molar-refractivity contribution < 1.29 is 9.53 Å². The molecule has 0 unspecified atom stereocenters. The van der Waals surface area contributed by atoms with Gasteiger partial charge in [-0.25, -0.2) is 0 Å². The monoisotopic (exact) mass is 196 g/mol. The van der Waals surface area contributed by atoms with Crippen molar-refractivity contribution in [2.45, 2.75) is 52.1 Å². The van der Waals surface area contributed by atoms with Crippen LogP contribution in [-0.4, -0.2) is 11.6 Å². The average Bonchev–Trinajstić information content (AvgIpc) is 2.59. The minimum absolute atomic E-state index is 0.0460. The molecule has 2 heteroatoms. The summed E-state index contributed by atoms with van der Waals surface area (Å²) in [4.78, 5) is 11.8. The molecule has 0 aliphatic heterocycles. The molecule has 0 heterocycles. The van der Waals surface area contributed by atoms with Crippen molar-refractivity contribution >= 4 is 5.97 Å². The molecule has 2 nitrogen and oxygen atoms in total. The summed E-state index contributed by atoms with van der Waals surface area (Å²) in [5.74, 6) is 1.71. The lowest BCUT2D eigenvalue weighted by molar-refractivity contribution is -0.161. The van der Waals surface area contributed by atoms with Gasteiger partial charge < -0.3 is 4.74 Å². The first kappa shape index (κ1) is 10.0. The molecule has 2 aliphatic rings. The number of carbonyl (C=O) groups excluding carboxylic acids is 1. The van der Waals surface area contributed by atoms with Crippen LogP contribution in [0.1, 0.15) is 46.5 Å². The van der Waals surface area contributed by atoms with Gasteiger partial charge in [0, 0.05) is 0 Å². The van der Waals surface area contributed by atoms with Crippen molar-refractivity contribution in [3.8, 4) is 0 Å². The molecular weight excluding hydrogens is 176 g/mol. The minimum atomic E-state index is -0.321. The van der Waals surface area contributed by atoms with Crippen molar-refractivity contribution in [2.24, 2.45) is 17.8 Å². The van der Waals surface area contributed by atoms with E-state index in [2.05, 4.69) is 0 Å². The molecule has 0 N–H and O–H groups in total. The van der Waals surface area contributed by atoms with Gasteiger partial charge in [0.2, 0.25) is 0 Å². The lowest BCUT2D eigenvalue weighted by Gasteiger charge is -2.26. The Morgan fingerprint density at radius 3 is 2.36 bits per heavy atom. The summed E-state index contributed by atoms with van der Waals surface area (Å²) in [6.45, 7) is 5.83. The van der Waals surface area contributed by atoms with E-state index < -0.39 is 0 Å². The van der Waals surface area contributed by atoms with E-state index in [0.717, 1.165) is 12.3 Å². The second-order valence-electron chi connectivity index (χ2n) is 5.81. The molecule has 0 aromatic rings. The second-order valence-corrected chi connectivity index (χ2v) is 5.81. The second kappa shape index (κ2) is 3.25. The van der Waals surface area contributed by atoms with Gasteiger partial charge in [0.05, 0.1) is 5.92 Å². The number of fused-ring (bicyclic) bond motifs is 2. The molecular formula is C12H20O2. The maximum atomic E-state index is 11.8. The fourth-order valence-electron chi connectivity index (χ4n) is 2.91. The van der Waals surface area contributed by atoms with Crippen LogP contribution < -0.4 is 0 Å². The van der Waals surface area contributed by atoms with Gasteiger partial charge in [0.1, 0.15) is 5.60 Å². The minimum Gasteiger partial charge on any atom is -0.460 e. The molecule has 2 rings (SSSR count). The first-order valence-corrected chi connectivity index (χ1v) is 5.68. The Bertz CT molecular complexity index is 239. The van der Waals surface area contributed by atoms with Gasteiger partial charge in [-0.3, -0.25) is 4.79 Å². The van der Waals surface area contributed by atoms with Gasteiger partial charge in [0.25, 0.3) is 0 Å².